The Bertz CT molecular complexity index is 528. The maximum atomic E-state index is 11.9. The molecule has 0 radical (unpaired) electrons. The summed E-state index contributed by atoms with van der Waals surface area (Å²) in [7, 11) is -3.19. The molecule has 0 saturated carbocycles. The molecule has 0 saturated heterocycles. The predicted molar refractivity (Wildman–Crippen MR) is 81.5 cm³/mol. The number of hydrogen-bond acceptors (Lipinski definition) is 4. The van der Waals surface area contributed by atoms with E-state index in [-0.39, 0.29) is 17.7 Å². The van der Waals surface area contributed by atoms with Gasteiger partial charge in [0.05, 0.1) is 16.8 Å². The number of aliphatic hydroxyl groups excluding tert-OH is 1. The second-order valence-corrected chi connectivity index (χ2v) is 7.53. The smallest absolute Gasteiger partial charge is 0.178 e. The van der Waals surface area contributed by atoms with Crippen LogP contribution in [-0.4, -0.2) is 31.4 Å². The van der Waals surface area contributed by atoms with E-state index >= 15 is 0 Å². The summed E-state index contributed by atoms with van der Waals surface area (Å²) in [6, 6.07) is 6.72. The van der Waals surface area contributed by atoms with Gasteiger partial charge in [-0.15, -0.1) is 0 Å². The summed E-state index contributed by atoms with van der Waals surface area (Å²) >= 11 is 0. The Balaban J connectivity index is 2.90. The zero-order valence-corrected chi connectivity index (χ0v) is 13.2. The van der Waals surface area contributed by atoms with Crippen molar-refractivity contribution in [2.75, 3.05) is 5.75 Å². The summed E-state index contributed by atoms with van der Waals surface area (Å²) in [5, 5.41) is 9.98. The van der Waals surface area contributed by atoms with Crippen molar-refractivity contribution in [1.29, 1.82) is 0 Å². The lowest BCUT2D eigenvalue weighted by Gasteiger charge is -2.21. The van der Waals surface area contributed by atoms with Crippen LogP contribution < -0.4 is 5.73 Å². The molecular formula is C15H25NO3S. The lowest BCUT2D eigenvalue weighted by Crippen LogP contribution is -2.34. The van der Waals surface area contributed by atoms with Gasteiger partial charge in [0.2, 0.25) is 0 Å². The fourth-order valence-corrected chi connectivity index (χ4v) is 3.06. The highest BCUT2D eigenvalue weighted by molar-refractivity contribution is 7.91. The van der Waals surface area contributed by atoms with Crippen LogP contribution in [0, 0.1) is 0 Å². The van der Waals surface area contributed by atoms with E-state index in [0.717, 1.165) is 12.0 Å². The van der Waals surface area contributed by atoms with E-state index in [2.05, 4.69) is 0 Å². The van der Waals surface area contributed by atoms with Crippen molar-refractivity contribution in [2.45, 2.75) is 56.6 Å². The average Bonchev–Trinajstić information content (AvgIpc) is 2.46. The third kappa shape index (κ3) is 4.30. The van der Waals surface area contributed by atoms with Gasteiger partial charge in [-0.1, -0.05) is 32.9 Å². The topological polar surface area (TPSA) is 80.4 Å². The van der Waals surface area contributed by atoms with Gasteiger partial charge in [0, 0.05) is 6.04 Å². The van der Waals surface area contributed by atoms with E-state index < -0.39 is 15.9 Å². The van der Waals surface area contributed by atoms with Crippen LogP contribution in [0.25, 0.3) is 0 Å². The summed E-state index contributed by atoms with van der Waals surface area (Å²) in [5.74, 6) is 0.156. The molecule has 1 aromatic rings. The maximum absolute atomic E-state index is 11.9. The van der Waals surface area contributed by atoms with Crippen molar-refractivity contribution < 1.29 is 13.5 Å². The first-order chi connectivity index (χ1) is 9.31. The van der Waals surface area contributed by atoms with Gasteiger partial charge in [-0.3, -0.25) is 0 Å². The van der Waals surface area contributed by atoms with Crippen molar-refractivity contribution in [3.8, 4) is 0 Å². The number of aliphatic hydroxyl groups is 1. The third-order valence-electron chi connectivity index (χ3n) is 3.73. The first kappa shape index (κ1) is 17.1. The van der Waals surface area contributed by atoms with Gasteiger partial charge in [0.15, 0.2) is 9.84 Å². The van der Waals surface area contributed by atoms with Crippen LogP contribution >= 0.6 is 0 Å². The van der Waals surface area contributed by atoms with Crippen molar-refractivity contribution in [2.24, 2.45) is 5.73 Å². The van der Waals surface area contributed by atoms with E-state index in [9.17, 15) is 13.5 Å². The molecule has 0 aromatic heterocycles. The normalized spacial score (nSPS) is 16.6. The van der Waals surface area contributed by atoms with E-state index in [1.54, 1.807) is 25.1 Å². The summed E-state index contributed by atoms with van der Waals surface area (Å²) in [4.78, 5) is 0.346. The molecule has 3 atom stereocenters. The highest BCUT2D eigenvalue weighted by Crippen LogP contribution is 2.24. The molecule has 0 aliphatic carbocycles. The molecular weight excluding hydrogens is 274 g/mol. The summed E-state index contributed by atoms with van der Waals surface area (Å²) in [5.41, 5.74) is 6.74. The number of nitrogens with two attached hydrogens (primary N) is 1. The van der Waals surface area contributed by atoms with Crippen molar-refractivity contribution in [3.63, 3.8) is 0 Å². The molecule has 4 nitrogen and oxygen atoms in total. The second kappa shape index (κ2) is 7.20. The van der Waals surface area contributed by atoms with Crippen LogP contribution in [0.3, 0.4) is 0 Å². The average molecular weight is 299 g/mol. The van der Waals surface area contributed by atoms with Crippen LogP contribution in [0.4, 0.5) is 0 Å². The van der Waals surface area contributed by atoms with Crippen molar-refractivity contribution in [1.82, 2.24) is 0 Å². The van der Waals surface area contributed by atoms with Gasteiger partial charge >= 0.3 is 0 Å². The summed E-state index contributed by atoms with van der Waals surface area (Å²) in [6.07, 6.45) is 0.685. The fourth-order valence-electron chi connectivity index (χ4n) is 2.13. The van der Waals surface area contributed by atoms with Crippen LogP contribution in [0.5, 0.6) is 0 Å². The van der Waals surface area contributed by atoms with Crippen LogP contribution in [0.2, 0.25) is 0 Å². The maximum Gasteiger partial charge on any atom is 0.178 e. The molecule has 3 N–H and O–H groups in total. The minimum Gasteiger partial charge on any atom is -0.391 e. The highest BCUT2D eigenvalue weighted by atomic mass is 32.2. The molecule has 0 fully saturated rings. The zero-order valence-electron chi connectivity index (χ0n) is 12.4. The first-order valence-corrected chi connectivity index (χ1v) is 8.73. The molecule has 20 heavy (non-hydrogen) atoms. The Kier molecular flexibility index (Phi) is 6.17. The van der Waals surface area contributed by atoms with E-state index in [4.69, 9.17) is 5.73 Å². The molecule has 1 aromatic carbocycles. The Morgan fingerprint density at radius 1 is 1.30 bits per heavy atom. The van der Waals surface area contributed by atoms with Crippen molar-refractivity contribution >= 4 is 9.84 Å². The lowest BCUT2D eigenvalue weighted by molar-refractivity contribution is 0.126. The van der Waals surface area contributed by atoms with Crippen molar-refractivity contribution in [3.05, 3.63) is 29.8 Å². The summed E-state index contributed by atoms with van der Waals surface area (Å²) in [6.45, 7) is 5.55. The molecule has 0 amide bonds. The molecule has 3 unspecified atom stereocenters. The Labute approximate surface area is 121 Å². The largest absolute Gasteiger partial charge is 0.391 e. The highest BCUT2D eigenvalue weighted by Gasteiger charge is 2.19. The molecule has 0 bridgehead atoms. The molecule has 5 heteroatoms. The fraction of sp³-hybridized carbons (Fsp3) is 0.600. The van der Waals surface area contributed by atoms with Gasteiger partial charge in [-0.25, -0.2) is 8.42 Å². The Morgan fingerprint density at radius 3 is 2.50 bits per heavy atom. The number of hydrogen-bond donors (Lipinski definition) is 2. The quantitative estimate of drug-likeness (QED) is 0.807. The van der Waals surface area contributed by atoms with E-state index in [1.165, 1.54) is 0 Å². The SMILES string of the molecule is CCC(N)C(O)CC(C)c1cccc(S(=O)(=O)CC)c1. The lowest BCUT2D eigenvalue weighted by atomic mass is 9.92. The molecule has 1 rings (SSSR count). The first-order valence-electron chi connectivity index (χ1n) is 7.08. The number of benzene rings is 1. The Hall–Kier alpha value is -0.910. The molecule has 0 heterocycles. The van der Waals surface area contributed by atoms with Crippen LogP contribution in [0.1, 0.15) is 45.1 Å². The zero-order chi connectivity index (χ0) is 15.3. The van der Waals surface area contributed by atoms with Gasteiger partial charge in [0.1, 0.15) is 0 Å². The monoisotopic (exact) mass is 299 g/mol. The summed E-state index contributed by atoms with van der Waals surface area (Å²) < 4.78 is 23.8. The standard InChI is InChI=1S/C15H25NO3S/c1-4-14(16)15(17)9-11(3)12-7-6-8-13(10-12)20(18,19)5-2/h6-8,10-11,14-15,17H,4-5,9,16H2,1-3H3. The number of rotatable bonds is 7. The van der Waals surface area contributed by atoms with Crippen LogP contribution in [-0.2, 0) is 9.84 Å². The predicted octanol–water partition coefficient (Wildman–Crippen LogP) is 2.07. The van der Waals surface area contributed by atoms with Gasteiger partial charge in [-0.05, 0) is 36.5 Å². The van der Waals surface area contributed by atoms with E-state index in [1.807, 2.05) is 19.9 Å². The minimum atomic E-state index is -3.19. The second-order valence-electron chi connectivity index (χ2n) is 5.25. The third-order valence-corrected chi connectivity index (χ3v) is 5.46. The molecule has 0 aliphatic rings. The van der Waals surface area contributed by atoms with Gasteiger partial charge < -0.3 is 10.8 Å². The van der Waals surface area contributed by atoms with Crippen LogP contribution in [0.15, 0.2) is 29.2 Å². The number of sulfone groups is 1. The van der Waals surface area contributed by atoms with Gasteiger partial charge in [-0.2, -0.15) is 0 Å². The Morgan fingerprint density at radius 2 is 1.95 bits per heavy atom. The van der Waals surface area contributed by atoms with E-state index in [0.29, 0.717) is 11.3 Å². The van der Waals surface area contributed by atoms with Gasteiger partial charge in [0.25, 0.3) is 0 Å². The molecule has 0 aliphatic heterocycles. The minimum absolute atomic E-state index is 0.0645. The molecule has 0 spiro atoms. The molecule has 114 valence electrons.